The molecular formula is C21H23N7O. The molecule has 1 aromatic carbocycles. The number of aryl methyl sites for hydroxylation is 2. The minimum atomic E-state index is 0.208. The SMILES string of the molecule is Cc1nnc2c(N3CCN(C(=O)CCc4c[nH]c5ccccc45)CC3)nccn12. The average Bonchev–Trinajstić information content (AvgIpc) is 3.36. The summed E-state index contributed by atoms with van der Waals surface area (Å²) < 4.78 is 1.95. The first-order valence-corrected chi connectivity index (χ1v) is 9.95. The average molecular weight is 389 g/mol. The lowest BCUT2D eigenvalue weighted by molar-refractivity contribution is -0.131. The monoisotopic (exact) mass is 389 g/mol. The van der Waals surface area contributed by atoms with Crippen LogP contribution in [0.1, 0.15) is 17.8 Å². The number of benzene rings is 1. The number of aromatic nitrogens is 5. The molecule has 1 saturated heterocycles. The van der Waals surface area contributed by atoms with Crippen LogP contribution in [0.2, 0.25) is 0 Å². The number of hydrogen-bond donors (Lipinski definition) is 1. The number of carbonyl (C=O) groups is 1. The molecule has 8 nitrogen and oxygen atoms in total. The van der Waals surface area contributed by atoms with Crippen LogP contribution in [0.15, 0.2) is 42.9 Å². The Hall–Kier alpha value is -3.42. The Balaban J connectivity index is 1.21. The van der Waals surface area contributed by atoms with Gasteiger partial charge >= 0.3 is 0 Å². The number of anilines is 1. The second kappa shape index (κ2) is 7.20. The van der Waals surface area contributed by atoms with Crippen molar-refractivity contribution in [2.45, 2.75) is 19.8 Å². The maximum absolute atomic E-state index is 12.7. The number of amides is 1. The zero-order valence-electron chi connectivity index (χ0n) is 16.4. The number of nitrogens with one attached hydrogen (secondary N) is 1. The molecule has 1 aliphatic rings. The molecule has 1 fully saturated rings. The number of rotatable bonds is 4. The summed E-state index contributed by atoms with van der Waals surface area (Å²) in [6.45, 7) is 4.81. The van der Waals surface area contributed by atoms with Gasteiger partial charge in [-0.15, -0.1) is 10.2 Å². The van der Waals surface area contributed by atoms with Gasteiger partial charge in [-0.05, 0) is 25.0 Å². The number of para-hydroxylation sites is 1. The van der Waals surface area contributed by atoms with Crippen LogP contribution in [-0.2, 0) is 11.2 Å². The molecule has 8 heteroatoms. The molecule has 1 amide bonds. The van der Waals surface area contributed by atoms with Gasteiger partial charge in [-0.1, -0.05) is 18.2 Å². The van der Waals surface area contributed by atoms with Crippen molar-refractivity contribution >= 4 is 28.3 Å². The highest BCUT2D eigenvalue weighted by atomic mass is 16.2. The van der Waals surface area contributed by atoms with Crippen LogP contribution in [-0.4, -0.2) is 61.6 Å². The number of nitrogens with zero attached hydrogens (tertiary/aromatic N) is 6. The van der Waals surface area contributed by atoms with E-state index in [1.54, 1.807) is 6.20 Å². The van der Waals surface area contributed by atoms with Gasteiger partial charge in [0, 0.05) is 62.1 Å². The fourth-order valence-electron chi connectivity index (χ4n) is 4.06. The van der Waals surface area contributed by atoms with E-state index >= 15 is 0 Å². The molecule has 0 saturated carbocycles. The van der Waals surface area contributed by atoms with E-state index in [1.807, 2.05) is 40.8 Å². The summed E-state index contributed by atoms with van der Waals surface area (Å²) in [5.74, 6) is 1.88. The number of H-pyrrole nitrogens is 1. The van der Waals surface area contributed by atoms with E-state index in [4.69, 9.17) is 0 Å². The summed E-state index contributed by atoms with van der Waals surface area (Å²) in [6.07, 6.45) is 6.95. The van der Waals surface area contributed by atoms with Crippen LogP contribution in [0.5, 0.6) is 0 Å². The molecule has 0 spiro atoms. The normalized spacial score (nSPS) is 14.8. The van der Waals surface area contributed by atoms with Crippen LogP contribution in [0.25, 0.3) is 16.6 Å². The third-order valence-corrected chi connectivity index (χ3v) is 5.69. The quantitative estimate of drug-likeness (QED) is 0.579. The van der Waals surface area contributed by atoms with Crippen molar-refractivity contribution in [2.75, 3.05) is 31.1 Å². The van der Waals surface area contributed by atoms with Crippen LogP contribution in [0, 0.1) is 6.92 Å². The van der Waals surface area contributed by atoms with E-state index in [0.717, 1.165) is 42.3 Å². The van der Waals surface area contributed by atoms with Crippen LogP contribution in [0.4, 0.5) is 5.82 Å². The number of piperazine rings is 1. The number of fused-ring (bicyclic) bond motifs is 2. The topological polar surface area (TPSA) is 82.4 Å². The fraction of sp³-hybridized carbons (Fsp3) is 0.333. The predicted molar refractivity (Wildman–Crippen MR) is 111 cm³/mol. The van der Waals surface area contributed by atoms with E-state index in [2.05, 4.69) is 37.2 Å². The Kier molecular flexibility index (Phi) is 4.38. The molecule has 0 atom stereocenters. The first-order valence-electron chi connectivity index (χ1n) is 9.95. The molecular weight excluding hydrogens is 366 g/mol. The Morgan fingerprint density at radius 2 is 1.97 bits per heavy atom. The zero-order valence-corrected chi connectivity index (χ0v) is 16.4. The van der Waals surface area contributed by atoms with Crippen molar-refractivity contribution in [3.63, 3.8) is 0 Å². The first kappa shape index (κ1) is 17.7. The van der Waals surface area contributed by atoms with E-state index in [9.17, 15) is 4.79 Å². The fourth-order valence-corrected chi connectivity index (χ4v) is 4.06. The molecule has 5 rings (SSSR count). The summed E-state index contributed by atoms with van der Waals surface area (Å²) in [7, 11) is 0. The molecule has 0 bridgehead atoms. The van der Waals surface area contributed by atoms with Gasteiger partial charge in [0.2, 0.25) is 11.6 Å². The van der Waals surface area contributed by atoms with Crippen molar-refractivity contribution in [3.8, 4) is 0 Å². The number of hydrogen-bond acceptors (Lipinski definition) is 5. The Morgan fingerprint density at radius 1 is 1.14 bits per heavy atom. The minimum absolute atomic E-state index is 0.208. The van der Waals surface area contributed by atoms with Crippen LogP contribution in [0.3, 0.4) is 0 Å². The summed E-state index contributed by atoms with van der Waals surface area (Å²) in [5.41, 5.74) is 3.09. The smallest absolute Gasteiger partial charge is 0.223 e. The largest absolute Gasteiger partial charge is 0.361 e. The number of aromatic amines is 1. The highest BCUT2D eigenvalue weighted by molar-refractivity contribution is 5.84. The molecule has 1 N–H and O–H groups in total. The Labute approximate surface area is 168 Å². The molecule has 1 aliphatic heterocycles. The highest BCUT2D eigenvalue weighted by Gasteiger charge is 2.24. The molecule has 0 radical (unpaired) electrons. The second-order valence-corrected chi connectivity index (χ2v) is 7.42. The molecule has 29 heavy (non-hydrogen) atoms. The van der Waals surface area contributed by atoms with Crippen LogP contribution < -0.4 is 4.90 Å². The number of carbonyl (C=O) groups excluding carboxylic acids is 1. The Bertz CT molecular complexity index is 1170. The third kappa shape index (κ3) is 3.20. The van der Waals surface area contributed by atoms with E-state index in [-0.39, 0.29) is 5.91 Å². The Morgan fingerprint density at radius 3 is 2.83 bits per heavy atom. The van der Waals surface area contributed by atoms with E-state index in [1.165, 1.54) is 10.9 Å². The van der Waals surface area contributed by atoms with Crippen molar-refractivity contribution in [3.05, 3.63) is 54.2 Å². The molecule has 148 valence electrons. The predicted octanol–water partition coefficient (Wildman–Crippen LogP) is 2.20. The van der Waals surface area contributed by atoms with Crippen molar-refractivity contribution in [2.24, 2.45) is 0 Å². The summed E-state index contributed by atoms with van der Waals surface area (Å²) >= 11 is 0. The van der Waals surface area contributed by atoms with E-state index in [0.29, 0.717) is 19.5 Å². The van der Waals surface area contributed by atoms with Gasteiger partial charge in [-0.25, -0.2) is 4.98 Å². The third-order valence-electron chi connectivity index (χ3n) is 5.69. The van der Waals surface area contributed by atoms with Crippen molar-refractivity contribution < 1.29 is 4.79 Å². The summed E-state index contributed by atoms with van der Waals surface area (Å²) in [6, 6.07) is 8.21. The highest BCUT2D eigenvalue weighted by Crippen LogP contribution is 2.21. The lowest BCUT2D eigenvalue weighted by Gasteiger charge is -2.35. The molecule has 3 aromatic heterocycles. The minimum Gasteiger partial charge on any atom is -0.361 e. The summed E-state index contributed by atoms with van der Waals surface area (Å²) in [4.78, 5) is 24.7. The second-order valence-electron chi connectivity index (χ2n) is 7.42. The van der Waals surface area contributed by atoms with E-state index < -0.39 is 0 Å². The van der Waals surface area contributed by atoms with Gasteiger partial charge in [0.1, 0.15) is 5.82 Å². The first-order chi connectivity index (χ1) is 14.2. The molecule has 4 heterocycles. The van der Waals surface area contributed by atoms with Gasteiger partial charge in [-0.2, -0.15) is 0 Å². The van der Waals surface area contributed by atoms with Crippen molar-refractivity contribution in [1.29, 1.82) is 0 Å². The van der Waals surface area contributed by atoms with Gasteiger partial charge in [0.15, 0.2) is 5.82 Å². The molecule has 4 aromatic rings. The lowest BCUT2D eigenvalue weighted by atomic mass is 10.1. The van der Waals surface area contributed by atoms with Gasteiger partial charge in [-0.3, -0.25) is 9.20 Å². The zero-order chi connectivity index (χ0) is 19.8. The maximum atomic E-state index is 12.7. The van der Waals surface area contributed by atoms with Crippen LogP contribution >= 0.6 is 0 Å². The van der Waals surface area contributed by atoms with Gasteiger partial charge in [0.25, 0.3) is 0 Å². The molecule has 0 unspecified atom stereocenters. The maximum Gasteiger partial charge on any atom is 0.223 e. The lowest BCUT2D eigenvalue weighted by Crippen LogP contribution is -2.49. The van der Waals surface area contributed by atoms with Gasteiger partial charge in [0.05, 0.1) is 0 Å². The standard InChI is InChI=1S/C21H23N7O/c1-15-24-25-21-20(22-8-9-28(15)21)27-12-10-26(11-13-27)19(29)7-6-16-14-23-18-5-3-2-4-17(16)18/h2-5,8-9,14,23H,6-7,10-13H2,1H3. The van der Waals surface area contributed by atoms with Gasteiger partial charge < -0.3 is 14.8 Å². The molecule has 0 aliphatic carbocycles. The van der Waals surface area contributed by atoms with Crippen molar-refractivity contribution in [1.82, 2.24) is 29.5 Å². The summed E-state index contributed by atoms with van der Waals surface area (Å²) in [5, 5.41) is 9.60.